The molecule has 0 aliphatic heterocycles. The molecule has 0 spiro atoms. The van der Waals surface area contributed by atoms with Crippen LogP contribution in [0, 0.1) is 0 Å². The van der Waals surface area contributed by atoms with Crippen LogP contribution in [-0.2, 0) is 14.3 Å². The second-order valence-electron chi connectivity index (χ2n) is 5.11. The molecule has 0 bridgehead atoms. The average molecular weight is 273 g/mol. The number of rotatable bonds is 9. The molecule has 112 valence electrons. The third kappa shape index (κ3) is 4.14. The summed E-state index contributed by atoms with van der Waals surface area (Å²) in [6, 6.07) is 0.352. The summed E-state index contributed by atoms with van der Waals surface area (Å²) in [6.45, 7) is 3.07. The van der Waals surface area contributed by atoms with Crippen LogP contribution in [0.3, 0.4) is 0 Å². The molecule has 1 aliphatic rings. The van der Waals surface area contributed by atoms with Crippen molar-refractivity contribution in [3.05, 3.63) is 0 Å². The van der Waals surface area contributed by atoms with Crippen LogP contribution in [0.25, 0.3) is 0 Å². The molecule has 19 heavy (non-hydrogen) atoms. The van der Waals surface area contributed by atoms with Crippen molar-refractivity contribution >= 4 is 5.91 Å². The maximum absolute atomic E-state index is 11.6. The molecule has 0 radical (unpaired) electrons. The standard InChI is InChI=1S/C13H27N3O3/c1-15-13(12(14)17)5-4-11(10-13)16(6-8-18-2)7-9-19-3/h11,15H,4-10H2,1-3H3,(H2,14,17). The summed E-state index contributed by atoms with van der Waals surface area (Å²) >= 11 is 0. The van der Waals surface area contributed by atoms with Crippen LogP contribution in [-0.4, -0.2) is 70.0 Å². The monoisotopic (exact) mass is 273 g/mol. The van der Waals surface area contributed by atoms with Gasteiger partial charge in [0.2, 0.25) is 5.91 Å². The highest BCUT2D eigenvalue weighted by atomic mass is 16.5. The highest BCUT2D eigenvalue weighted by Gasteiger charge is 2.44. The van der Waals surface area contributed by atoms with Gasteiger partial charge in [-0.3, -0.25) is 9.69 Å². The Morgan fingerprint density at radius 3 is 2.32 bits per heavy atom. The summed E-state index contributed by atoms with van der Waals surface area (Å²) < 4.78 is 10.3. The lowest BCUT2D eigenvalue weighted by Gasteiger charge is -2.30. The van der Waals surface area contributed by atoms with Crippen molar-refractivity contribution in [3.8, 4) is 0 Å². The van der Waals surface area contributed by atoms with E-state index in [9.17, 15) is 4.79 Å². The molecule has 1 fully saturated rings. The van der Waals surface area contributed by atoms with Crippen LogP contribution in [0.1, 0.15) is 19.3 Å². The molecule has 0 aromatic heterocycles. The first-order chi connectivity index (χ1) is 9.09. The highest BCUT2D eigenvalue weighted by Crippen LogP contribution is 2.32. The molecule has 1 aliphatic carbocycles. The van der Waals surface area contributed by atoms with Crippen molar-refractivity contribution in [3.63, 3.8) is 0 Å². The van der Waals surface area contributed by atoms with Crippen LogP contribution >= 0.6 is 0 Å². The van der Waals surface area contributed by atoms with Gasteiger partial charge in [0, 0.05) is 33.4 Å². The Morgan fingerprint density at radius 1 is 1.37 bits per heavy atom. The van der Waals surface area contributed by atoms with E-state index in [1.54, 1.807) is 14.2 Å². The number of likely N-dealkylation sites (N-methyl/N-ethyl adjacent to an activating group) is 1. The number of nitrogens with two attached hydrogens (primary N) is 1. The quantitative estimate of drug-likeness (QED) is 0.596. The van der Waals surface area contributed by atoms with E-state index in [0.29, 0.717) is 19.3 Å². The molecular formula is C13H27N3O3. The van der Waals surface area contributed by atoms with Gasteiger partial charge >= 0.3 is 0 Å². The second-order valence-corrected chi connectivity index (χ2v) is 5.11. The molecule has 0 heterocycles. The largest absolute Gasteiger partial charge is 0.383 e. The minimum absolute atomic E-state index is 0.254. The highest BCUT2D eigenvalue weighted by molar-refractivity contribution is 5.85. The first kappa shape index (κ1) is 16.4. The molecule has 6 nitrogen and oxygen atoms in total. The first-order valence-corrected chi connectivity index (χ1v) is 6.80. The molecule has 6 heteroatoms. The SMILES string of the molecule is CNC1(C(N)=O)CCC(N(CCOC)CCOC)C1. The van der Waals surface area contributed by atoms with Crippen LogP contribution in [0.4, 0.5) is 0 Å². The Bertz CT molecular complexity index is 280. The van der Waals surface area contributed by atoms with Crippen molar-refractivity contribution < 1.29 is 14.3 Å². The number of amides is 1. The van der Waals surface area contributed by atoms with E-state index < -0.39 is 5.54 Å². The van der Waals surface area contributed by atoms with Gasteiger partial charge in [-0.25, -0.2) is 0 Å². The van der Waals surface area contributed by atoms with Crippen LogP contribution in [0.5, 0.6) is 0 Å². The van der Waals surface area contributed by atoms with Gasteiger partial charge in [0.05, 0.1) is 18.8 Å². The smallest absolute Gasteiger partial charge is 0.237 e. The number of ether oxygens (including phenoxy) is 2. The van der Waals surface area contributed by atoms with Crippen molar-refractivity contribution in [2.24, 2.45) is 5.73 Å². The van der Waals surface area contributed by atoms with Gasteiger partial charge in [-0.1, -0.05) is 0 Å². The molecule has 0 aromatic rings. The fourth-order valence-electron chi connectivity index (χ4n) is 2.80. The fourth-order valence-corrected chi connectivity index (χ4v) is 2.80. The minimum Gasteiger partial charge on any atom is -0.383 e. The fraction of sp³-hybridized carbons (Fsp3) is 0.923. The first-order valence-electron chi connectivity index (χ1n) is 6.80. The predicted molar refractivity (Wildman–Crippen MR) is 73.9 cm³/mol. The lowest BCUT2D eigenvalue weighted by atomic mass is 9.96. The van der Waals surface area contributed by atoms with Gasteiger partial charge < -0.3 is 20.5 Å². The molecule has 1 rings (SSSR count). The number of nitrogens with one attached hydrogen (secondary N) is 1. The van der Waals surface area contributed by atoms with E-state index in [2.05, 4.69) is 10.2 Å². The number of nitrogens with zero attached hydrogens (tertiary/aromatic N) is 1. The summed E-state index contributed by atoms with van der Waals surface area (Å²) in [5.41, 5.74) is 4.98. The topological polar surface area (TPSA) is 76.8 Å². The number of methoxy groups -OCH3 is 2. The molecule has 1 saturated carbocycles. The summed E-state index contributed by atoms with van der Waals surface area (Å²) in [5, 5.41) is 3.11. The molecule has 0 aromatic carbocycles. The number of hydrogen-bond acceptors (Lipinski definition) is 5. The third-order valence-corrected chi connectivity index (χ3v) is 4.12. The number of carbonyl (C=O) groups excluding carboxylic acids is 1. The van der Waals surface area contributed by atoms with Gasteiger partial charge in [0.25, 0.3) is 0 Å². The molecular weight excluding hydrogens is 246 g/mol. The van der Waals surface area contributed by atoms with Crippen molar-refractivity contribution in [2.45, 2.75) is 30.8 Å². The Balaban J connectivity index is 2.62. The van der Waals surface area contributed by atoms with Crippen LogP contribution in [0.2, 0.25) is 0 Å². The third-order valence-electron chi connectivity index (χ3n) is 4.12. The van der Waals surface area contributed by atoms with E-state index >= 15 is 0 Å². The second kappa shape index (κ2) is 7.79. The lowest BCUT2D eigenvalue weighted by Crippen LogP contribution is -2.53. The van der Waals surface area contributed by atoms with E-state index in [4.69, 9.17) is 15.2 Å². The summed E-state index contributed by atoms with van der Waals surface area (Å²) in [4.78, 5) is 14.0. The zero-order valence-corrected chi connectivity index (χ0v) is 12.3. The van der Waals surface area contributed by atoms with E-state index in [0.717, 1.165) is 32.4 Å². The van der Waals surface area contributed by atoms with Gasteiger partial charge in [0.15, 0.2) is 0 Å². The zero-order valence-electron chi connectivity index (χ0n) is 12.3. The predicted octanol–water partition coefficient (Wildman–Crippen LogP) is -0.423. The van der Waals surface area contributed by atoms with Gasteiger partial charge in [-0.15, -0.1) is 0 Å². The normalized spacial score (nSPS) is 27.1. The van der Waals surface area contributed by atoms with Gasteiger partial charge in [-0.05, 0) is 26.3 Å². The van der Waals surface area contributed by atoms with Crippen LogP contribution < -0.4 is 11.1 Å². The van der Waals surface area contributed by atoms with E-state index in [1.807, 2.05) is 7.05 Å². The van der Waals surface area contributed by atoms with E-state index in [-0.39, 0.29) is 5.91 Å². The van der Waals surface area contributed by atoms with Gasteiger partial charge in [0.1, 0.15) is 0 Å². The van der Waals surface area contributed by atoms with Crippen LogP contribution in [0.15, 0.2) is 0 Å². The minimum atomic E-state index is -0.553. The molecule has 1 amide bonds. The van der Waals surface area contributed by atoms with Crippen molar-refractivity contribution in [1.82, 2.24) is 10.2 Å². The zero-order chi connectivity index (χ0) is 14.3. The Hall–Kier alpha value is -0.690. The summed E-state index contributed by atoms with van der Waals surface area (Å²) in [5.74, 6) is -0.254. The Labute approximate surface area is 115 Å². The maximum atomic E-state index is 11.6. The number of carbonyl (C=O) groups is 1. The maximum Gasteiger partial charge on any atom is 0.237 e. The van der Waals surface area contributed by atoms with E-state index in [1.165, 1.54) is 0 Å². The van der Waals surface area contributed by atoms with Crippen molar-refractivity contribution in [2.75, 3.05) is 47.6 Å². The molecule has 3 N–H and O–H groups in total. The molecule has 2 unspecified atom stereocenters. The average Bonchev–Trinajstić information content (AvgIpc) is 2.84. The van der Waals surface area contributed by atoms with Crippen molar-refractivity contribution in [1.29, 1.82) is 0 Å². The van der Waals surface area contributed by atoms with Gasteiger partial charge in [-0.2, -0.15) is 0 Å². The lowest BCUT2D eigenvalue weighted by molar-refractivity contribution is -0.124. The molecule has 0 saturated heterocycles. The number of primary amides is 1. The summed E-state index contributed by atoms with van der Waals surface area (Å²) in [6.07, 6.45) is 2.52. The number of hydrogen-bond donors (Lipinski definition) is 2. The Morgan fingerprint density at radius 2 is 1.95 bits per heavy atom. The summed E-state index contributed by atoms with van der Waals surface area (Å²) in [7, 11) is 5.21. The molecule has 2 atom stereocenters. The Kier molecular flexibility index (Phi) is 6.71.